The van der Waals surface area contributed by atoms with Gasteiger partial charge in [-0.3, -0.25) is 4.79 Å². The average Bonchev–Trinajstić information content (AvgIpc) is 2.79. The Kier molecular flexibility index (Phi) is 8.32. The fourth-order valence-electron chi connectivity index (χ4n) is 3.06. The quantitative estimate of drug-likeness (QED) is 0.246. The van der Waals surface area contributed by atoms with Crippen LogP contribution >= 0.6 is 31.9 Å². The monoisotopic (exact) mass is 568 g/mol. The summed E-state index contributed by atoms with van der Waals surface area (Å²) in [5.41, 5.74) is 4.41. The van der Waals surface area contributed by atoms with Crippen LogP contribution in [-0.4, -0.2) is 13.0 Å². The normalized spacial score (nSPS) is 11.0. The molecule has 3 rings (SSSR count). The maximum absolute atomic E-state index is 12.7. The number of hydrogen-bond acceptors (Lipinski definition) is 4. The number of benzene rings is 3. The summed E-state index contributed by atoms with van der Waals surface area (Å²) >= 11 is 7.03. The van der Waals surface area contributed by atoms with E-state index in [4.69, 9.17) is 9.47 Å². The second-order valence-corrected chi connectivity index (χ2v) is 9.05. The molecule has 0 atom stereocenters. The average molecular weight is 570 g/mol. The number of ether oxygens (including phenoxy) is 2. The molecule has 0 saturated carbocycles. The summed E-state index contributed by atoms with van der Waals surface area (Å²) in [5, 5.41) is 12.3. The molecule has 0 aliphatic carbocycles. The number of aryl methyl sites for hydroxylation is 2. The van der Waals surface area contributed by atoms with Crippen molar-refractivity contribution in [1.29, 1.82) is 5.26 Å². The fraction of sp³-hybridized carbons (Fsp3) is 0.154. The van der Waals surface area contributed by atoms with E-state index >= 15 is 0 Å². The maximum Gasteiger partial charge on any atom is 0.266 e. The Morgan fingerprint density at radius 3 is 2.48 bits per heavy atom. The minimum atomic E-state index is -0.481. The zero-order valence-electron chi connectivity index (χ0n) is 18.4. The molecule has 3 aromatic carbocycles. The number of rotatable bonds is 7. The molecule has 1 N–H and O–H groups in total. The van der Waals surface area contributed by atoms with Crippen molar-refractivity contribution in [2.75, 3.05) is 12.4 Å². The van der Waals surface area contributed by atoms with E-state index in [0.717, 1.165) is 21.2 Å². The SMILES string of the molecule is COc1cc(/C=C(\C#N)C(=O)Nc2ccc(C)c(C)c2)cc(Br)c1OCc1ccccc1Br. The molecule has 0 spiro atoms. The highest BCUT2D eigenvalue weighted by molar-refractivity contribution is 9.10. The first-order valence-corrected chi connectivity index (χ1v) is 11.6. The molecule has 0 bridgehead atoms. The van der Waals surface area contributed by atoms with Crippen molar-refractivity contribution in [2.45, 2.75) is 20.5 Å². The summed E-state index contributed by atoms with van der Waals surface area (Å²) in [5.74, 6) is 0.531. The first kappa shape index (κ1) is 24.6. The minimum absolute atomic E-state index is 0.0240. The molecule has 0 radical (unpaired) electrons. The lowest BCUT2D eigenvalue weighted by molar-refractivity contribution is -0.112. The molecule has 33 heavy (non-hydrogen) atoms. The molecule has 5 nitrogen and oxygen atoms in total. The summed E-state index contributed by atoms with van der Waals surface area (Å²) in [6.07, 6.45) is 1.52. The van der Waals surface area contributed by atoms with Gasteiger partial charge in [-0.25, -0.2) is 0 Å². The lowest BCUT2D eigenvalue weighted by atomic mass is 10.1. The van der Waals surface area contributed by atoms with E-state index in [1.54, 1.807) is 12.1 Å². The van der Waals surface area contributed by atoms with Crippen LogP contribution in [0.15, 0.2) is 69.1 Å². The molecule has 0 saturated heterocycles. The van der Waals surface area contributed by atoms with E-state index in [0.29, 0.717) is 33.8 Å². The molecule has 0 unspecified atom stereocenters. The van der Waals surface area contributed by atoms with Gasteiger partial charge in [0.15, 0.2) is 11.5 Å². The van der Waals surface area contributed by atoms with Crippen molar-refractivity contribution < 1.29 is 14.3 Å². The van der Waals surface area contributed by atoms with Crippen molar-refractivity contribution >= 4 is 49.5 Å². The van der Waals surface area contributed by atoms with Crippen LogP contribution in [0.3, 0.4) is 0 Å². The van der Waals surface area contributed by atoms with Crippen LogP contribution in [0, 0.1) is 25.2 Å². The minimum Gasteiger partial charge on any atom is -0.493 e. The number of nitrogens with one attached hydrogen (secondary N) is 1. The molecule has 3 aromatic rings. The highest BCUT2D eigenvalue weighted by Crippen LogP contribution is 2.38. The van der Waals surface area contributed by atoms with Crippen LogP contribution in [0.25, 0.3) is 6.08 Å². The number of methoxy groups -OCH3 is 1. The summed E-state index contributed by atoms with van der Waals surface area (Å²) in [6, 6.07) is 18.9. The lowest BCUT2D eigenvalue weighted by Gasteiger charge is -2.14. The molecule has 0 aliphatic rings. The second kappa shape index (κ2) is 11.2. The van der Waals surface area contributed by atoms with Crippen molar-refractivity contribution in [3.63, 3.8) is 0 Å². The summed E-state index contributed by atoms with van der Waals surface area (Å²) in [6.45, 7) is 4.31. The van der Waals surface area contributed by atoms with Gasteiger partial charge in [-0.2, -0.15) is 5.26 Å². The Hall–Kier alpha value is -3.08. The number of nitrogens with zero attached hydrogens (tertiary/aromatic N) is 1. The van der Waals surface area contributed by atoms with Crippen LogP contribution in [-0.2, 0) is 11.4 Å². The number of nitriles is 1. The number of carbonyl (C=O) groups excluding carboxylic acids is 1. The molecule has 0 fully saturated rings. The first-order chi connectivity index (χ1) is 15.8. The van der Waals surface area contributed by atoms with Gasteiger partial charge in [0.2, 0.25) is 0 Å². The van der Waals surface area contributed by atoms with Crippen molar-refractivity contribution in [3.05, 3.63) is 91.4 Å². The van der Waals surface area contributed by atoms with Crippen LogP contribution < -0.4 is 14.8 Å². The first-order valence-electron chi connectivity index (χ1n) is 10.1. The van der Waals surface area contributed by atoms with Gasteiger partial charge in [0.05, 0.1) is 11.6 Å². The predicted octanol–water partition coefficient (Wildman–Crippen LogP) is 6.96. The van der Waals surface area contributed by atoms with Crippen molar-refractivity contribution in [1.82, 2.24) is 0 Å². The molecule has 0 aromatic heterocycles. The zero-order chi connectivity index (χ0) is 24.0. The van der Waals surface area contributed by atoms with E-state index in [-0.39, 0.29) is 5.57 Å². The van der Waals surface area contributed by atoms with Crippen LogP contribution in [0.1, 0.15) is 22.3 Å². The Morgan fingerprint density at radius 1 is 1.06 bits per heavy atom. The summed E-state index contributed by atoms with van der Waals surface area (Å²) in [7, 11) is 1.54. The largest absolute Gasteiger partial charge is 0.493 e. The molecule has 0 heterocycles. The second-order valence-electron chi connectivity index (χ2n) is 7.34. The third-order valence-corrected chi connectivity index (χ3v) is 6.39. The number of anilines is 1. The predicted molar refractivity (Wildman–Crippen MR) is 137 cm³/mol. The fourth-order valence-corrected chi connectivity index (χ4v) is 4.03. The van der Waals surface area contributed by atoms with E-state index < -0.39 is 5.91 Å². The topological polar surface area (TPSA) is 71.3 Å². The third kappa shape index (κ3) is 6.25. The zero-order valence-corrected chi connectivity index (χ0v) is 21.6. The summed E-state index contributed by atoms with van der Waals surface area (Å²) in [4.78, 5) is 12.7. The molecule has 1 amide bonds. The van der Waals surface area contributed by atoms with Gasteiger partial charge in [0, 0.05) is 15.7 Å². The van der Waals surface area contributed by atoms with E-state index in [1.807, 2.05) is 62.4 Å². The van der Waals surface area contributed by atoms with Gasteiger partial charge in [-0.15, -0.1) is 0 Å². The molecular weight excluding hydrogens is 548 g/mol. The number of amides is 1. The standard InChI is InChI=1S/C26H22Br2N2O3/c1-16-8-9-21(10-17(16)2)30-26(31)20(14-29)11-18-12-23(28)25(24(13-18)32-3)33-15-19-6-4-5-7-22(19)27/h4-13H,15H2,1-3H3,(H,30,31)/b20-11+. The van der Waals surface area contributed by atoms with Crippen LogP contribution in [0.2, 0.25) is 0 Å². The highest BCUT2D eigenvalue weighted by atomic mass is 79.9. The van der Waals surface area contributed by atoms with Gasteiger partial charge in [0.1, 0.15) is 18.2 Å². The number of hydrogen-bond donors (Lipinski definition) is 1. The highest BCUT2D eigenvalue weighted by Gasteiger charge is 2.15. The third-order valence-electron chi connectivity index (χ3n) is 5.02. The maximum atomic E-state index is 12.7. The molecule has 0 aliphatic heterocycles. The van der Waals surface area contributed by atoms with Crippen molar-refractivity contribution in [2.24, 2.45) is 0 Å². The lowest BCUT2D eigenvalue weighted by Crippen LogP contribution is -2.13. The van der Waals surface area contributed by atoms with Crippen LogP contribution in [0.5, 0.6) is 11.5 Å². The van der Waals surface area contributed by atoms with Gasteiger partial charge >= 0.3 is 0 Å². The molecular formula is C26H22Br2N2O3. The van der Waals surface area contributed by atoms with Gasteiger partial charge in [-0.1, -0.05) is 40.2 Å². The Labute approximate surface area is 210 Å². The number of halogens is 2. The van der Waals surface area contributed by atoms with E-state index in [1.165, 1.54) is 13.2 Å². The Bertz CT molecular complexity index is 1260. The number of carbonyl (C=O) groups is 1. The van der Waals surface area contributed by atoms with Gasteiger partial charge in [0.25, 0.3) is 5.91 Å². The van der Waals surface area contributed by atoms with Crippen molar-refractivity contribution in [3.8, 4) is 17.6 Å². The smallest absolute Gasteiger partial charge is 0.266 e. The van der Waals surface area contributed by atoms with E-state index in [2.05, 4.69) is 37.2 Å². The Balaban J connectivity index is 1.83. The molecule has 168 valence electrons. The molecule has 7 heteroatoms. The van der Waals surface area contributed by atoms with Gasteiger partial charge in [-0.05, 0) is 82.9 Å². The van der Waals surface area contributed by atoms with Crippen LogP contribution in [0.4, 0.5) is 5.69 Å². The Morgan fingerprint density at radius 2 is 1.82 bits per heavy atom. The van der Waals surface area contributed by atoms with E-state index in [9.17, 15) is 10.1 Å². The summed E-state index contributed by atoms with van der Waals surface area (Å²) < 4.78 is 13.1. The van der Waals surface area contributed by atoms with Gasteiger partial charge < -0.3 is 14.8 Å².